The maximum atomic E-state index is 12.8. The molecule has 0 fully saturated rings. The van der Waals surface area contributed by atoms with Crippen LogP contribution in [0.5, 0.6) is 0 Å². The first kappa shape index (κ1) is 22.6. The molecule has 1 rings (SSSR count). The molecule has 0 spiro atoms. The van der Waals surface area contributed by atoms with Gasteiger partial charge < -0.3 is 15.4 Å². The molecule has 0 aliphatic carbocycles. The van der Waals surface area contributed by atoms with E-state index in [0.717, 1.165) is 24.5 Å². The van der Waals surface area contributed by atoms with Gasteiger partial charge in [-0.25, -0.2) is 4.39 Å². The van der Waals surface area contributed by atoms with Crippen molar-refractivity contribution in [1.82, 2.24) is 10.6 Å². The molecule has 0 unspecified atom stereocenters. The van der Waals surface area contributed by atoms with Crippen molar-refractivity contribution >= 4 is 35.9 Å². The van der Waals surface area contributed by atoms with E-state index in [1.54, 1.807) is 19.1 Å². The van der Waals surface area contributed by atoms with Gasteiger partial charge in [0.2, 0.25) is 0 Å². The van der Waals surface area contributed by atoms with Gasteiger partial charge in [-0.2, -0.15) is 0 Å². The van der Waals surface area contributed by atoms with Crippen LogP contribution in [0, 0.1) is 5.82 Å². The van der Waals surface area contributed by atoms with Crippen molar-refractivity contribution in [3.63, 3.8) is 0 Å². The third-order valence-electron chi connectivity index (χ3n) is 3.08. The third kappa shape index (κ3) is 10.4. The van der Waals surface area contributed by atoms with Gasteiger partial charge in [0.15, 0.2) is 5.96 Å². The molecule has 1 aromatic rings. The van der Waals surface area contributed by atoms with Crippen molar-refractivity contribution in [2.45, 2.75) is 33.1 Å². The summed E-state index contributed by atoms with van der Waals surface area (Å²) in [5, 5.41) is 6.38. The average molecular weight is 451 g/mol. The lowest BCUT2D eigenvalue weighted by atomic mass is 10.1. The van der Waals surface area contributed by atoms with Gasteiger partial charge in [-0.3, -0.25) is 9.79 Å². The second-order valence-electron chi connectivity index (χ2n) is 4.97. The van der Waals surface area contributed by atoms with Crippen molar-refractivity contribution in [3.05, 3.63) is 35.6 Å². The maximum Gasteiger partial charge on any atom is 0.305 e. The van der Waals surface area contributed by atoms with Crippen LogP contribution in [0.2, 0.25) is 0 Å². The minimum Gasteiger partial charge on any atom is -0.466 e. The molecule has 0 heterocycles. The molecule has 0 aromatic heterocycles. The van der Waals surface area contributed by atoms with Gasteiger partial charge >= 0.3 is 5.97 Å². The van der Waals surface area contributed by atoms with Gasteiger partial charge in [0.05, 0.1) is 6.61 Å². The highest BCUT2D eigenvalue weighted by Crippen LogP contribution is 2.02. The number of esters is 1. The molecule has 0 saturated carbocycles. The zero-order valence-electron chi connectivity index (χ0n) is 14.3. The molecule has 0 atom stereocenters. The topological polar surface area (TPSA) is 62.7 Å². The van der Waals surface area contributed by atoms with Crippen LogP contribution in [0.3, 0.4) is 0 Å². The van der Waals surface area contributed by atoms with Crippen molar-refractivity contribution in [1.29, 1.82) is 0 Å². The van der Waals surface area contributed by atoms with Crippen molar-refractivity contribution in [3.8, 4) is 0 Å². The highest BCUT2D eigenvalue weighted by atomic mass is 127. The zero-order valence-corrected chi connectivity index (χ0v) is 16.6. The third-order valence-corrected chi connectivity index (χ3v) is 3.08. The van der Waals surface area contributed by atoms with Crippen molar-refractivity contribution < 1.29 is 13.9 Å². The predicted molar refractivity (Wildman–Crippen MR) is 105 cm³/mol. The van der Waals surface area contributed by atoms with Gasteiger partial charge in [-0.15, -0.1) is 24.0 Å². The Labute approximate surface area is 160 Å². The summed E-state index contributed by atoms with van der Waals surface area (Å²) in [6, 6.07) is 6.48. The van der Waals surface area contributed by atoms with E-state index in [0.29, 0.717) is 32.5 Å². The first-order valence-corrected chi connectivity index (χ1v) is 8.08. The molecular formula is C17H27FIN3O2. The van der Waals surface area contributed by atoms with Crippen LogP contribution in [0.15, 0.2) is 29.3 Å². The molecule has 136 valence electrons. The van der Waals surface area contributed by atoms with Gasteiger partial charge in [-0.1, -0.05) is 12.1 Å². The number of aliphatic imine (C=N–C) groups is 1. The van der Waals surface area contributed by atoms with E-state index in [1.807, 2.05) is 6.92 Å². The van der Waals surface area contributed by atoms with Gasteiger partial charge in [0, 0.05) is 26.1 Å². The lowest BCUT2D eigenvalue weighted by Gasteiger charge is -2.11. The van der Waals surface area contributed by atoms with Crippen LogP contribution in [0.4, 0.5) is 4.39 Å². The Morgan fingerprint density at radius 3 is 2.54 bits per heavy atom. The van der Waals surface area contributed by atoms with E-state index in [4.69, 9.17) is 4.74 Å². The van der Waals surface area contributed by atoms with E-state index in [-0.39, 0.29) is 35.8 Å². The fourth-order valence-corrected chi connectivity index (χ4v) is 1.97. The smallest absolute Gasteiger partial charge is 0.305 e. The monoisotopic (exact) mass is 451 g/mol. The van der Waals surface area contributed by atoms with Gasteiger partial charge in [0.1, 0.15) is 5.82 Å². The fourth-order valence-electron chi connectivity index (χ4n) is 1.97. The van der Waals surface area contributed by atoms with Crippen LogP contribution in [0.25, 0.3) is 0 Å². The Morgan fingerprint density at radius 2 is 1.92 bits per heavy atom. The van der Waals surface area contributed by atoms with E-state index in [9.17, 15) is 9.18 Å². The molecular weight excluding hydrogens is 424 g/mol. The standard InChI is InChI=1S/C17H26FN3O2.HI/c1-3-19-17(20-12-5-6-16(22)23-4-2)21-13-11-14-7-9-15(18)10-8-14;/h7-10H,3-6,11-13H2,1-2H3,(H2,19,20,21);1H. The summed E-state index contributed by atoms with van der Waals surface area (Å²) in [5.41, 5.74) is 1.07. The fraction of sp³-hybridized carbons (Fsp3) is 0.529. The summed E-state index contributed by atoms with van der Waals surface area (Å²) in [5.74, 6) is 0.314. The Bertz CT molecular complexity index is 495. The summed E-state index contributed by atoms with van der Waals surface area (Å²) in [6.45, 7) is 6.23. The van der Waals surface area contributed by atoms with Crippen LogP contribution in [-0.4, -0.2) is 38.2 Å². The number of carbonyl (C=O) groups is 1. The van der Waals surface area contributed by atoms with Gasteiger partial charge in [-0.05, 0) is 44.4 Å². The van der Waals surface area contributed by atoms with E-state index in [1.165, 1.54) is 12.1 Å². The molecule has 0 aliphatic heterocycles. The van der Waals surface area contributed by atoms with Crippen LogP contribution >= 0.6 is 24.0 Å². The molecule has 1 aromatic carbocycles. The summed E-state index contributed by atoms with van der Waals surface area (Å²) in [4.78, 5) is 15.7. The number of benzene rings is 1. The quantitative estimate of drug-likeness (QED) is 0.199. The normalized spacial score (nSPS) is 10.7. The number of hydrogen-bond donors (Lipinski definition) is 2. The molecule has 5 nitrogen and oxygen atoms in total. The first-order valence-electron chi connectivity index (χ1n) is 8.08. The molecule has 0 aliphatic rings. The molecule has 0 saturated heterocycles. The van der Waals surface area contributed by atoms with Crippen molar-refractivity contribution in [2.24, 2.45) is 4.99 Å². The Balaban J connectivity index is 0.00000529. The number of rotatable bonds is 9. The Hall–Kier alpha value is -1.38. The Kier molecular flexibility index (Phi) is 13.2. The SMILES string of the molecule is CCNC(=NCCCC(=O)OCC)NCCc1ccc(F)cc1.I. The number of carbonyl (C=O) groups excluding carboxylic acids is 1. The first-order chi connectivity index (χ1) is 11.2. The number of nitrogens with zero attached hydrogens (tertiary/aromatic N) is 1. The Morgan fingerprint density at radius 1 is 1.21 bits per heavy atom. The number of ether oxygens (including phenoxy) is 1. The largest absolute Gasteiger partial charge is 0.466 e. The lowest BCUT2D eigenvalue weighted by Crippen LogP contribution is -2.38. The van der Waals surface area contributed by atoms with E-state index < -0.39 is 0 Å². The van der Waals surface area contributed by atoms with Crippen LogP contribution in [-0.2, 0) is 16.0 Å². The van der Waals surface area contributed by atoms with Crippen LogP contribution in [0.1, 0.15) is 32.3 Å². The van der Waals surface area contributed by atoms with Crippen LogP contribution < -0.4 is 10.6 Å². The molecule has 0 bridgehead atoms. The molecule has 24 heavy (non-hydrogen) atoms. The maximum absolute atomic E-state index is 12.8. The van der Waals surface area contributed by atoms with Gasteiger partial charge in [0.25, 0.3) is 0 Å². The average Bonchev–Trinajstić information content (AvgIpc) is 2.53. The second-order valence-corrected chi connectivity index (χ2v) is 4.97. The second kappa shape index (κ2) is 14.0. The zero-order chi connectivity index (χ0) is 16.9. The number of halogens is 2. The highest BCUT2D eigenvalue weighted by molar-refractivity contribution is 14.0. The summed E-state index contributed by atoms with van der Waals surface area (Å²) in [6.07, 6.45) is 1.83. The molecule has 2 N–H and O–H groups in total. The van der Waals surface area contributed by atoms with E-state index >= 15 is 0 Å². The van der Waals surface area contributed by atoms with E-state index in [2.05, 4.69) is 15.6 Å². The molecule has 0 amide bonds. The summed E-state index contributed by atoms with van der Waals surface area (Å²) in [7, 11) is 0. The molecule has 7 heteroatoms. The molecule has 0 radical (unpaired) electrons. The number of guanidine groups is 1. The minimum absolute atomic E-state index is 0. The van der Waals surface area contributed by atoms with Crippen molar-refractivity contribution in [2.75, 3.05) is 26.2 Å². The number of hydrogen-bond acceptors (Lipinski definition) is 3. The summed E-state index contributed by atoms with van der Waals surface area (Å²) < 4.78 is 17.7. The lowest BCUT2D eigenvalue weighted by molar-refractivity contribution is -0.143. The summed E-state index contributed by atoms with van der Waals surface area (Å²) >= 11 is 0. The predicted octanol–water partition coefficient (Wildman–Crippen LogP) is 2.88. The highest BCUT2D eigenvalue weighted by Gasteiger charge is 2.01. The number of nitrogens with one attached hydrogen (secondary N) is 2. The minimum atomic E-state index is -0.224.